The molecule has 2 aliphatic carbocycles. The number of amides is 1. The average molecular weight is 338 g/mol. The van der Waals surface area contributed by atoms with Crippen molar-refractivity contribution in [2.75, 3.05) is 0 Å². The third kappa shape index (κ3) is 3.47. The number of rotatable bonds is 6. The summed E-state index contributed by atoms with van der Waals surface area (Å²) in [6, 6.07) is 10.3. The van der Waals surface area contributed by atoms with E-state index in [2.05, 4.69) is 27.3 Å². The Bertz CT molecular complexity index is 735. The average Bonchev–Trinajstić information content (AvgIpc) is 3.35. The monoisotopic (exact) mass is 338 g/mol. The zero-order chi connectivity index (χ0) is 17.2. The molecular weight excluding hydrogens is 312 g/mol. The summed E-state index contributed by atoms with van der Waals surface area (Å²) in [6.07, 6.45) is 7.43. The van der Waals surface area contributed by atoms with Crippen molar-refractivity contribution in [3.63, 3.8) is 0 Å². The Morgan fingerprint density at radius 2 is 2.08 bits per heavy atom. The van der Waals surface area contributed by atoms with E-state index < -0.39 is 0 Å². The lowest BCUT2D eigenvalue weighted by molar-refractivity contribution is -0.123. The van der Waals surface area contributed by atoms with Crippen molar-refractivity contribution >= 4 is 5.91 Å². The van der Waals surface area contributed by atoms with E-state index in [4.69, 9.17) is 0 Å². The number of aryl methyl sites for hydroxylation is 1. The SMILES string of the molecule is CCn1ncc2c1CCC[C@@H]2N[C@H](C(=O)NC1CC1)c1ccccc1. The maximum atomic E-state index is 12.8. The van der Waals surface area contributed by atoms with E-state index in [9.17, 15) is 4.79 Å². The van der Waals surface area contributed by atoms with Crippen LogP contribution in [0.25, 0.3) is 0 Å². The van der Waals surface area contributed by atoms with Gasteiger partial charge in [-0.1, -0.05) is 30.3 Å². The standard InChI is InChI=1S/C20H26N4O/c1-2-24-18-10-6-9-17(16(18)13-21-24)23-19(14-7-4-3-5-8-14)20(25)22-15-11-12-15/h3-5,7-8,13,15,17,19,23H,2,6,9-12H2,1H3,(H,22,25)/t17-,19-/m0/s1. The van der Waals surface area contributed by atoms with Gasteiger partial charge in [0, 0.05) is 29.9 Å². The van der Waals surface area contributed by atoms with E-state index in [0.717, 1.165) is 44.2 Å². The second kappa shape index (κ2) is 7.00. The number of benzene rings is 1. The fourth-order valence-corrected chi connectivity index (χ4v) is 3.75. The number of hydrogen-bond donors (Lipinski definition) is 2. The van der Waals surface area contributed by atoms with Gasteiger partial charge >= 0.3 is 0 Å². The molecule has 1 fully saturated rings. The van der Waals surface area contributed by atoms with Crippen molar-refractivity contribution in [1.82, 2.24) is 20.4 Å². The van der Waals surface area contributed by atoms with Crippen molar-refractivity contribution in [3.8, 4) is 0 Å². The summed E-state index contributed by atoms with van der Waals surface area (Å²) in [4.78, 5) is 12.8. The third-order valence-electron chi connectivity index (χ3n) is 5.25. The molecule has 132 valence electrons. The van der Waals surface area contributed by atoms with Crippen molar-refractivity contribution in [3.05, 3.63) is 53.3 Å². The van der Waals surface area contributed by atoms with Crippen LogP contribution in [0.4, 0.5) is 0 Å². The second-order valence-electron chi connectivity index (χ2n) is 7.10. The number of aromatic nitrogens is 2. The molecule has 0 saturated heterocycles. The quantitative estimate of drug-likeness (QED) is 0.851. The molecule has 1 aromatic heterocycles. The zero-order valence-electron chi connectivity index (χ0n) is 14.7. The summed E-state index contributed by atoms with van der Waals surface area (Å²) in [5.74, 6) is 0.0868. The molecule has 1 amide bonds. The van der Waals surface area contributed by atoms with Crippen LogP contribution in [0.2, 0.25) is 0 Å². The summed E-state index contributed by atoms with van der Waals surface area (Å²) < 4.78 is 2.09. The highest BCUT2D eigenvalue weighted by molar-refractivity contribution is 5.83. The molecular formula is C20H26N4O. The molecule has 1 aromatic carbocycles. The van der Waals surface area contributed by atoms with E-state index in [-0.39, 0.29) is 18.0 Å². The van der Waals surface area contributed by atoms with Gasteiger partial charge in [-0.3, -0.25) is 14.8 Å². The van der Waals surface area contributed by atoms with Crippen LogP contribution in [0.3, 0.4) is 0 Å². The highest BCUT2D eigenvalue weighted by Crippen LogP contribution is 2.32. The Balaban J connectivity index is 1.58. The summed E-state index contributed by atoms with van der Waals surface area (Å²) >= 11 is 0. The highest BCUT2D eigenvalue weighted by Gasteiger charge is 2.32. The van der Waals surface area contributed by atoms with Crippen molar-refractivity contribution < 1.29 is 4.79 Å². The fourth-order valence-electron chi connectivity index (χ4n) is 3.75. The minimum atomic E-state index is -0.317. The van der Waals surface area contributed by atoms with Gasteiger partial charge in [0.15, 0.2) is 0 Å². The van der Waals surface area contributed by atoms with Crippen LogP contribution in [0, 0.1) is 0 Å². The maximum Gasteiger partial charge on any atom is 0.241 e. The van der Waals surface area contributed by atoms with Gasteiger partial charge in [0.1, 0.15) is 6.04 Å². The predicted molar refractivity (Wildman–Crippen MR) is 97.1 cm³/mol. The van der Waals surface area contributed by atoms with Gasteiger partial charge in [0.2, 0.25) is 5.91 Å². The Hall–Kier alpha value is -2.14. The first-order chi connectivity index (χ1) is 12.3. The molecule has 0 unspecified atom stereocenters. The molecule has 2 aliphatic rings. The number of carbonyl (C=O) groups excluding carboxylic acids is 1. The smallest absolute Gasteiger partial charge is 0.241 e. The van der Waals surface area contributed by atoms with E-state index in [0.29, 0.717) is 6.04 Å². The Morgan fingerprint density at radius 1 is 1.28 bits per heavy atom. The third-order valence-corrected chi connectivity index (χ3v) is 5.25. The van der Waals surface area contributed by atoms with E-state index in [1.807, 2.05) is 36.5 Å². The van der Waals surface area contributed by atoms with Crippen LogP contribution in [0.5, 0.6) is 0 Å². The summed E-state index contributed by atoms with van der Waals surface area (Å²) in [5.41, 5.74) is 3.60. The van der Waals surface area contributed by atoms with E-state index >= 15 is 0 Å². The lowest BCUT2D eigenvalue weighted by atomic mass is 9.91. The molecule has 1 heterocycles. The van der Waals surface area contributed by atoms with Crippen LogP contribution in [-0.4, -0.2) is 21.7 Å². The number of fused-ring (bicyclic) bond motifs is 1. The molecule has 4 rings (SSSR count). The van der Waals surface area contributed by atoms with Gasteiger partial charge in [0.05, 0.1) is 6.20 Å². The second-order valence-corrected chi connectivity index (χ2v) is 7.10. The normalized spacial score (nSPS) is 20.8. The molecule has 2 aromatic rings. The number of carbonyl (C=O) groups is 1. The topological polar surface area (TPSA) is 59.0 Å². The van der Waals surface area contributed by atoms with Crippen LogP contribution in [0.1, 0.15) is 61.5 Å². The first-order valence-corrected chi connectivity index (χ1v) is 9.42. The summed E-state index contributed by atoms with van der Waals surface area (Å²) in [5, 5.41) is 11.3. The predicted octanol–water partition coefficient (Wildman–Crippen LogP) is 2.89. The molecule has 1 saturated carbocycles. The van der Waals surface area contributed by atoms with Gasteiger partial charge in [-0.25, -0.2) is 0 Å². The number of hydrogen-bond acceptors (Lipinski definition) is 3. The molecule has 0 bridgehead atoms. The summed E-state index contributed by atoms with van der Waals surface area (Å²) in [6.45, 7) is 3.02. The Kier molecular flexibility index (Phi) is 4.57. The highest BCUT2D eigenvalue weighted by atomic mass is 16.2. The van der Waals surface area contributed by atoms with Crippen LogP contribution in [0.15, 0.2) is 36.5 Å². The Labute approximate surface area is 148 Å². The number of nitrogens with zero attached hydrogens (tertiary/aromatic N) is 2. The van der Waals surface area contributed by atoms with Crippen molar-refractivity contribution in [2.24, 2.45) is 0 Å². The van der Waals surface area contributed by atoms with E-state index in [1.165, 1.54) is 11.3 Å². The molecule has 25 heavy (non-hydrogen) atoms. The molecule has 0 radical (unpaired) electrons. The van der Waals surface area contributed by atoms with Gasteiger partial charge in [-0.05, 0) is 44.6 Å². The number of nitrogens with one attached hydrogen (secondary N) is 2. The largest absolute Gasteiger partial charge is 0.352 e. The minimum absolute atomic E-state index is 0.0868. The van der Waals surface area contributed by atoms with E-state index in [1.54, 1.807) is 0 Å². The Morgan fingerprint density at radius 3 is 2.80 bits per heavy atom. The lowest BCUT2D eigenvalue weighted by Gasteiger charge is -2.29. The first kappa shape index (κ1) is 16.3. The molecule has 2 N–H and O–H groups in total. The van der Waals surface area contributed by atoms with Crippen LogP contribution >= 0.6 is 0 Å². The zero-order valence-corrected chi connectivity index (χ0v) is 14.7. The lowest BCUT2D eigenvalue weighted by Crippen LogP contribution is -2.40. The van der Waals surface area contributed by atoms with Crippen LogP contribution < -0.4 is 10.6 Å². The van der Waals surface area contributed by atoms with Gasteiger partial charge in [0.25, 0.3) is 0 Å². The molecule has 5 heteroatoms. The molecule has 2 atom stereocenters. The molecule has 0 aliphatic heterocycles. The fraction of sp³-hybridized carbons (Fsp3) is 0.500. The van der Waals surface area contributed by atoms with Crippen LogP contribution in [-0.2, 0) is 17.8 Å². The molecule has 0 spiro atoms. The van der Waals surface area contributed by atoms with Gasteiger partial charge in [-0.15, -0.1) is 0 Å². The van der Waals surface area contributed by atoms with Crippen molar-refractivity contribution in [2.45, 2.75) is 63.7 Å². The van der Waals surface area contributed by atoms with Crippen molar-refractivity contribution in [1.29, 1.82) is 0 Å². The van der Waals surface area contributed by atoms with Gasteiger partial charge < -0.3 is 5.32 Å². The summed E-state index contributed by atoms with van der Waals surface area (Å²) in [7, 11) is 0. The maximum absolute atomic E-state index is 12.8. The van der Waals surface area contributed by atoms with Gasteiger partial charge in [-0.2, -0.15) is 5.10 Å². The molecule has 5 nitrogen and oxygen atoms in total. The minimum Gasteiger partial charge on any atom is -0.352 e. The first-order valence-electron chi connectivity index (χ1n) is 9.42.